The maximum atomic E-state index is 5.78. The number of nitrogens with one attached hydrogen (secondary N) is 1. The molecule has 1 aromatic heterocycles. The van der Waals surface area contributed by atoms with Crippen molar-refractivity contribution < 1.29 is 4.74 Å². The van der Waals surface area contributed by atoms with Gasteiger partial charge in [-0.2, -0.15) is 8.75 Å². The molecule has 6 heteroatoms. The van der Waals surface area contributed by atoms with Crippen molar-refractivity contribution >= 4 is 29.1 Å². The van der Waals surface area contributed by atoms with E-state index in [1.54, 1.807) is 0 Å². The summed E-state index contributed by atoms with van der Waals surface area (Å²) in [6.07, 6.45) is 3.77. The molecule has 2 rings (SSSR count). The summed E-state index contributed by atoms with van der Waals surface area (Å²) < 4.78 is 13.4. The van der Waals surface area contributed by atoms with E-state index < -0.39 is 0 Å². The lowest BCUT2D eigenvalue weighted by molar-refractivity contribution is 0.107. The zero-order valence-electron chi connectivity index (χ0n) is 7.70. The summed E-state index contributed by atoms with van der Waals surface area (Å²) in [6, 6.07) is 0. The first-order valence-corrected chi connectivity index (χ1v) is 5.80. The summed E-state index contributed by atoms with van der Waals surface area (Å²) in [4.78, 5) is 0. The maximum Gasteiger partial charge on any atom is 0.186 e. The van der Waals surface area contributed by atoms with Crippen LogP contribution < -0.4 is 5.32 Å². The highest BCUT2D eigenvalue weighted by Crippen LogP contribution is 2.19. The first-order valence-electron chi connectivity index (χ1n) is 4.70. The van der Waals surface area contributed by atoms with Gasteiger partial charge in [0.2, 0.25) is 0 Å². The number of halogens is 1. The van der Waals surface area contributed by atoms with E-state index >= 15 is 0 Å². The Morgan fingerprint density at radius 3 is 3.14 bits per heavy atom. The number of rotatable bonds is 4. The number of hydrogen-bond donors (Lipinski definition) is 1. The zero-order chi connectivity index (χ0) is 9.80. The highest BCUT2D eigenvalue weighted by atomic mass is 35.5. The Balaban J connectivity index is 1.70. The molecule has 1 fully saturated rings. The van der Waals surface area contributed by atoms with Gasteiger partial charge in [-0.25, -0.2) is 0 Å². The Bertz CT molecular complexity index is 288. The Morgan fingerprint density at radius 2 is 2.50 bits per heavy atom. The Morgan fingerprint density at radius 1 is 1.57 bits per heavy atom. The second kappa shape index (κ2) is 4.91. The summed E-state index contributed by atoms with van der Waals surface area (Å²) in [5, 5.41) is 3.61. The van der Waals surface area contributed by atoms with Crippen LogP contribution in [0.5, 0.6) is 0 Å². The SMILES string of the molecule is Clc1nsnc1NCCC1CCCO1. The van der Waals surface area contributed by atoms with Gasteiger partial charge in [0.05, 0.1) is 17.8 Å². The number of nitrogens with zero attached hydrogens (tertiary/aromatic N) is 2. The summed E-state index contributed by atoms with van der Waals surface area (Å²) in [5.74, 6) is 0.690. The first-order chi connectivity index (χ1) is 6.86. The average Bonchev–Trinajstić information content (AvgIpc) is 2.78. The molecule has 1 aliphatic heterocycles. The van der Waals surface area contributed by atoms with Gasteiger partial charge in [0, 0.05) is 13.2 Å². The van der Waals surface area contributed by atoms with Crippen LogP contribution in [0.25, 0.3) is 0 Å². The fourth-order valence-electron chi connectivity index (χ4n) is 1.51. The average molecular weight is 234 g/mol. The number of hydrogen-bond acceptors (Lipinski definition) is 5. The van der Waals surface area contributed by atoms with Crippen LogP contribution in [0.4, 0.5) is 5.82 Å². The number of ether oxygens (including phenoxy) is 1. The quantitative estimate of drug-likeness (QED) is 0.866. The molecule has 0 amide bonds. The predicted molar refractivity (Wildman–Crippen MR) is 57.0 cm³/mol. The molecule has 0 radical (unpaired) electrons. The van der Waals surface area contributed by atoms with Crippen LogP contribution in [0, 0.1) is 0 Å². The Labute approximate surface area is 91.9 Å². The second-order valence-corrected chi connectivity index (χ2v) is 4.14. The van der Waals surface area contributed by atoms with Crippen LogP contribution in [0.1, 0.15) is 19.3 Å². The standard InChI is InChI=1S/C8H12ClN3OS/c9-7-8(12-14-11-7)10-4-3-6-2-1-5-13-6/h6H,1-5H2,(H,10,12). The van der Waals surface area contributed by atoms with E-state index in [1.165, 1.54) is 12.8 Å². The van der Waals surface area contributed by atoms with Crippen molar-refractivity contribution in [3.8, 4) is 0 Å². The molecule has 0 aromatic carbocycles. The monoisotopic (exact) mass is 233 g/mol. The van der Waals surface area contributed by atoms with Gasteiger partial charge < -0.3 is 10.1 Å². The molecule has 2 heterocycles. The van der Waals surface area contributed by atoms with Crippen molar-refractivity contribution in [3.05, 3.63) is 5.15 Å². The summed E-state index contributed by atoms with van der Waals surface area (Å²) in [5.41, 5.74) is 0. The van der Waals surface area contributed by atoms with Crippen LogP contribution in [0.2, 0.25) is 5.15 Å². The van der Waals surface area contributed by atoms with E-state index in [1.807, 2.05) is 0 Å². The molecule has 0 aliphatic carbocycles. The van der Waals surface area contributed by atoms with E-state index in [0.717, 1.165) is 31.3 Å². The van der Waals surface area contributed by atoms with Crippen LogP contribution in [-0.4, -0.2) is 28.0 Å². The van der Waals surface area contributed by atoms with E-state index in [9.17, 15) is 0 Å². The third-order valence-electron chi connectivity index (χ3n) is 2.23. The minimum atomic E-state index is 0.410. The number of aromatic nitrogens is 2. The highest BCUT2D eigenvalue weighted by Gasteiger charge is 2.15. The van der Waals surface area contributed by atoms with Crippen molar-refractivity contribution in [3.63, 3.8) is 0 Å². The van der Waals surface area contributed by atoms with Crippen LogP contribution in [0.3, 0.4) is 0 Å². The molecule has 14 heavy (non-hydrogen) atoms. The summed E-state index contributed by atoms with van der Waals surface area (Å²) in [7, 11) is 0. The normalized spacial score (nSPS) is 21.4. The zero-order valence-corrected chi connectivity index (χ0v) is 9.27. The minimum Gasteiger partial charge on any atom is -0.378 e. The van der Waals surface area contributed by atoms with E-state index in [4.69, 9.17) is 16.3 Å². The first kappa shape index (κ1) is 10.1. The van der Waals surface area contributed by atoms with Gasteiger partial charge in [-0.15, -0.1) is 0 Å². The lowest BCUT2D eigenvalue weighted by atomic mass is 10.2. The van der Waals surface area contributed by atoms with Crippen molar-refractivity contribution in [2.24, 2.45) is 0 Å². The van der Waals surface area contributed by atoms with Crippen molar-refractivity contribution in [1.29, 1.82) is 0 Å². The van der Waals surface area contributed by atoms with E-state index in [-0.39, 0.29) is 0 Å². The molecule has 0 spiro atoms. The Hall–Kier alpha value is -0.390. The van der Waals surface area contributed by atoms with Crippen LogP contribution >= 0.6 is 23.3 Å². The molecule has 1 aliphatic rings. The van der Waals surface area contributed by atoms with Gasteiger partial charge in [-0.1, -0.05) is 11.6 Å². The van der Waals surface area contributed by atoms with Gasteiger partial charge in [0.1, 0.15) is 0 Å². The molecule has 1 aromatic rings. The van der Waals surface area contributed by atoms with Crippen LogP contribution in [0.15, 0.2) is 0 Å². The van der Waals surface area contributed by atoms with Gasteiger partial charge in [-0.05, 0) is 19.3 Å². The van der Waals surface area contributed by atoms with Crippen molar-refractivity contribution in [2.75, 3.05) is 18.5 Å². The van der Waals surface area contributed by atoms with Gasteiger partial charge in [0.25, 0.3) is 0 Å². The smallest absolute Gasteiger partial charge is 0.186 e. The van der Waals surface area contributed by atoms with Gasteiger partial charge in [-0.3, -0.25) is 0 Å². The summed E-state index contributed by atoms with van der Waals surface area (Å²) in [6.45, 7) is 1.75. The van der Waals surface area contributed by atoms with Crippen molar-refractivity contribution in [1.82, 2.24) is 8.75 Å². The molecule has 4 nitrogen and oxygen atoms in total. The van der Waals surface area contributed by atoms with Gasteiger partial charge >= 0.3 is 0 Å². The van der Waals surface area contributed by atoms with Gasteiger partial charge in [0.15, 0.2) is 11.0 Å². The molecule has 1 saturated heterocycles. The molecule has 1 N–H and O–H groups in total. The molecule has 1 atom stereocenters. The minimum absolute atomic E-state index is 0.410. The molecule has 78 valence electrons. The predicted octanol–water partition coefficient (Wildman–Crippen LogP) is 2.17. The van der Waals surface area contributed by atoms with Crippen molar-refractivity contribution in [2.45, 2.75) is 25.4 Å². The molecule has 0 bridgehead atoms. The topological polar surface area (TPSA) is 47.0 Å². The van der Waals surface area contributed by atoms with E-state index in [2.05, 4.69) is 14.1 Å². The third kappa shape index (κ3) is 2.56. The fourth-order valence-corrected chi connectivity index (χ4v) is 2.19. The molecule has 1 unspecified atom stereocenters. The molecular formula is C8H12ClN3OS. The largest absolute Gasteiger partial charge is 0.378 e. The number of anilines is 1. The molecular weight excluding hydrogens is 222 g/mol. The van der Waals surface area contributed by atoms with Crippen LogP contribution in [-0.2, 0) is 4.74 Å². The third-order valence-corrected chi connectivity index (χ3v) is 3.12. The second-order valence-electron chi connectivity index (χ2n) is 3.25. The fraction of sp³-hybridized carbons (Fsp3) is 0.750. The summed E-state index contributed by atoms with van der Waals surface area (Å²) >= 11 is 6.90. The highest BCUT2D eigenvalue weighted by molar-refractivity contribution is 6.99. The lowest BCUT2D eigenvalue weighted by Crippen LogP contribution is -2.12. The Kier molecular flexibility index (Phi) is 3.55. The maximum absolute atomic E-state index is 5.78. The lowest BCUT2D eigenvalue weighted by Gasteiger charge is -2.08. The van der Waals surface area contributed by atoms with E-state index in [0.29, 0.717) is 17.1 Å². The molecule has 0 saturated carbocycles.